The zero-order chi connectivity index (χ0) is 20.0. The molecule has 2 aromatic carbocycles. The Labute approximate surface area is 157 Å². The Hall–Kier alpha value is -2.51. The van der Waals surface area contributed by atoms with E-state index in [-0.39, 0.29) is 19.2 Å². The maximum atomic E-state index is 13.4. The second-order valence-corrected chi connectivity index (χ2v) is 6.27. The molecule has 1 N–H and O–H groups in total. The molecule has 0 spiro atoms. The van der Waals surface area contributed by atoms with Crippen molar-refractivity contribution in [1.29, 1.82) is 0 Å². The molecule has 0 fully saturated rings. The number of nitrogens with zero attached hydrogens (tertiary/aromatic N) is 1. The van der Waals surface area contributed by atoms with Crippen molar-refractivity contribution in [1.82, 2.24) is 4.90 Å². The lowest BCUT2D eigenvalue weighted by molar-refractivity contribution is 0.0597. The summed E-state index contributed by atoms with van der Waals surface area (Å²) in [6, 6.07) is 10.00. The Kier molecular flexibility index (Phi) is 7.27. The number of halogens is 2. The highest BCUT2D eigenvalue weighted by atomic mass is 19.2. The van der Waals surface area contributed by atoms with Crippen LogP contribution in [-0.4, -0.2) is 49.4 Å². The molecular formula is C20H23F2NO4. The van der Waals surface area contributed by atoms with Gasteiger partial charge in [0, 0.05) is 12.6 Å². The van der Waals surface area contributed by atoms with E-state index in [0.29, 0.717) is 16.9 Å². The Morgan fingerprint density at radius 2 is 1.93 bits per heavy atom. The van der Waals surface area contributed by atoms with Gasteiger partial charge in [-0.1, -0.05) is 12.1 Å². The predicted octanol–water partition coefficient (Wildman–Crippen LogP) is 3.18. The standard InChI is InChI=1S/C20H23F2NO4/c1-13(14-7-8-18(21)19(22)10-14)23(2)11-16(24)12-27-17-6-4-5-15(9-17)20(25)26-3/h4-10,13,16,24H,11-12H2,1-3H3/t13-,16-/m0/s1. The van der Waals surface area contributed by atoms with E-state index in [1.807, 2.05) is 11.8 Å². The van der Waals surface area contributed by atoms with E-state index >= 15 is 0 Å². The number of methoxy groups -OCH3 is 1. The van der Waals surface area contributed by atoms with E-state index in [4.69, 9.17) is 4.74 Å². The molecule has 0 saturated carbocycles. The molecule has 7 heteroatoms. The zero-order valence-corrected chi connectivity index (χ0v) is 15.5. The average Bonchev–Trinajstić information content (AvgIpc) is 2.67. The minimum atomic E-state index is -0.901. The van der Waals surface area contributed by atoms with Crippen LogP contribution in [0.4, 0.5) is 8.78 Å². The quantitative estimate of drug-likeness (QED) is 0.714. The van der Waals surface area contributed by atoms with Crippen molar-refractivity contribution in [3.63, 3.8) is 0 Å². The van der Waals surface area contributed by atoms with Gasteiger partial charge in [0.05, 0.1) is 12.7 Å². The number of ether oxygens (including phenoxy) is 2. The number of carbonyl (C=O) groups excluding carboxylic acids is 1. The van der Waals surface area contributed by atoms with E-state index < -0.39 is 23.7 Å². The highest BCUT2D eigenvalue weighted by Gasteiger charge is 2.17. The van der Waals surface area contributed by atoms with Crippen LogP contribution >= 0.6 is 0 Å². The summed E-state index contributed by atoms with van der Waals surface area (Å²) in [7, 11) is 3.07. The average molecular weight is 379 g/mol. The normalized spacial score (nSPS) is 13.3. The predicted molar refractivity (Wildman–Crippen MR) is 96.7 cm³/mol. The Balaban J connectivity index is 1.90. The smallest absolute Gasteiger partial charge is 0.337 e. The molecule has 146 valence electrons. The van der Waals surface area contributed by atoms with Crippen molar-refractivity contribution in [2.45, 2.75) is 19.1 Å². The SMILES string of the molecule is COC(=O)c1cccc(OC[C@@H](O)CN(C)[C@@H](C)c2ccc(F)c(F)c2)c1. The first-order valence-corrected chi connectivity index (χ1v) is 8.46. The third-order valence-electron chi connectivity index (χ3n) is 4.28. The number of aliphatic hydroxyl groups is 1. The summed E-state index contributed by atoms with van der Waals surface area (Å²) < 4.78 is 36.6. The fourth-order valence-corrected chi connectivity index (χ4v) is 2.59. The van der Waals surface area contributed by atoms with Crippen LogP contribution in [0.2, 0.25) is 0 Å². The first-order chi connectivity index (χ1) is 12.8. The molecule has 0 saturated heterocycles. The summed E-state index contributed by atoms with van der Waals surface area (Å²) in [6.45, 7) is 2.11. The van der Waals surface area contributed by atoms with E-state index in [1.54, 1.807) is 25.2 Å². The number of hydrogen-bond acceptors (Lipinski definition) is 5. The van der Waals surface area contributed by atoms with Crippen LogP contribution in [0.1, 0.15) is 28.9 Å². The van der Waals surface area contributed by atoms with Gasteiger partial charge in [-0.05, 0) is 49.9 Å². The maximum Gasteiger partial charge on any atom is 0.337 e. The van der Waals surface area contributed by atoms with Gasteiger partial charge in [0.1, 0.15) is 18.5 Å². The van der Waals surface area contributed by atoms with Gasteiger partial charge >= 0.3 is 5.97 Å². The van der Waals surface area contributed by atoms with E-state index in [2.05, 4.69) is 4.74 Å². The van der Waals surface area contributed by atoms with Crippen molar-refractivity contribution in [3.05, 3.63) is 65.2 Å². The largest absolute Gasteiger partial charge is 0.491 e. The Morgan fingerprint density at radius 1 is 1.19 bits per heavy atom. The van der Waals surface area contributed by atoms with Gasteiger partial charge in [0.25, 0.3) is 0 Å². The summed E-state index contributed by atoms with van der Waals surface area (Å²) in [5.41, 5.74) is 0.962. The van der Waals surface area contributed by atoms with E-state index in [1.165, 1.54) is 19.2 Å². The van der Waals surface area contributed by atoms with Crippen molar-refractivity contribution in [2.75, 3.05) is 27.3 Å². The second-order valence-electron chi connectivity index (χ2n) is 6.27. The molecule has 0 aliphatic carbocycles. The molecule has 27 heavy (non-hydrogen) atoms. The number of benzene rings is 2. The van der Waals surface area contributed by atoms with Crippen molar-refractivity contribution in [3.8, 4) is 5.75 Å². The topological polar surface area (TPSA) is 59.0 Å². The molecule has 0 radical (unpaired) electrons. The molecule has 2 atom stereocenters. The first-order valence-electron chi connectivity index (χ1n) is 8.46. The summed E-state index contributed by atoms with van der Waals surface area (Å²) in [6.07, 6.45) is -0.815. The van der Waals surface area contributed by atoms with Crippen LogP contribution in [0.3, 0.4) is 0 Å². The van der Waals surface area contributed by atoms with Crippen LogP contribution in [0.25, 0.3) is 0 Å². The van der Waals surface area contributed by atoms with Gasteiger partial charge in [-0.25, -0.2) is 13.6 Å². The number of hydrogen-bond donors (Lipinski definition) is 1. The number of rotatable bonds is 8. The van der Waals surface area contributed by atoms with E-state index in [0.717, 1.165) is 12.1 Å². The third-order valence-corrected chi connectivity index (χ3v) is 4.28. The van der Waals surface area contributed by atoms with Gasteiger partial charge in [-0.3, -0.25) is 4.90 Å². The summed E-state index contributed by atoms with van der Waals surface area (Å²) >= 11 is 0. The molecule has 2 rings (SSSR count). The number of aliphatic hydroxyl groups excluding tert-OH is 1. The highest BCUT2D eigenvalue weighted by molar-refractivity contribution is 5.89. The van der Waals surface area contributed by atoms with Crippen LogP contribution in [0.15, 0.2) is 42.5 Å². The Morgan fingerprint density at radius 3 is 2.59 bits per heavy atom. The van der Waals surface area contributed by atoms with Gasteiger partial charge in [-0.15, -0.1) is 0 Å². The molecule has 0 aromatic heterocycles. The van der Waals surface area contributed by atoms with Gasteiger partial charge in [0.2, 0.25) is 0 Å². The van der Waals surface area contributed by atoms with E-state index in [9.17, 15) is 18.7 Å². The molecule has 5 nitrogen and oxygen atoms in total. The van der Waals surface area contributed by atoms with Gasteiger partial charge in [0.15, 0.2) is 11.6 Å². The van der Waals surface area contributed by atoms with Gasteiger partial charge in [-0.2, -0.15) is 0 Å². The lowest BCUT2D eigenvalue weighted by Crippen LogP contribution is -2.34. The summed E-state index contributed by atoms with van der Waals surface area (Å²) in [5, 5.41) is 10.2. The number of likely N-dealkylation sites (N-methyl/N-ethyl adjacent to an activating group) is 1. The third kappa shape index (κ3) is 5.74. The number of esters is 1. The minimum absolute atomic E-state index is 0.0134. The molecule has 0 heterocycles. The molecular weight excluding hydrogens is 356 g/mol. The second kappa shape index (κ2) is 9.43. The fraction of sp³-hybridized carbons (Fsp3) is 0.350. The lowest BCUT2D eigenvalue weighted by atomic mass is 10.1. The molecule has 0 amide bonds. The van der Waals surface area contributed by atoms with Crippen LogP contribution in [-0.2, 0) is 4.74 Å². The number of carbonyl (C=O) groups is 1. The van der Waals surface area contributed by atoms with Crippen molar-refractivity contribution >= 4 is 5.97 Å². The highest BCUT2D eigenvalue weighted by Crippen LogP contribution is 2.21. The monoisotopic (exact) mass is 379 g/mol. The van der Waals surface area contributed by atoms with Crippen LogP contribution in [0, 0.1) is 11.6 Å². The summed E-state index contributed by atoms with van der Waals surface area (Å²) in [4.78, 5) is 13.3. The van der Waals surface area contributed by atoms with Crippen molar-refractivity contribution in [2.24, 2.45) is 0 Å². The molecule has 2 aromatic rings. The zero-order valence-electron chi connectivity index (χ0n) is 15.5. The minimum Gasteiger partial charge on any atom is -0.491 e. The molecule has 0 aliphatic rings. The first kappa shape index (κ1) is 20.8. The van der Waals surface area contributed by atoms with Crippen LogP contribution in [0.5, 0.6) is 5.75 Å². The molecule has 0 unspecified atom stereocenters. The maximum absolute atomic E-state index is 13.4. The Bertz CT molecular complexity index is 784. The molecule has 0 aliphatic heterocycles. The van der Waals surface area contributed by atoms with Crippen molar-refractivity contribution < 1.29 is 28.2 Å². The van der Waals surface area contributed by atoms with Crippen LogP contribution < -0.4 is 4.74 Å². The van der Waals surface area contributed by atoms with Gasteiger partial charge < -0.3 is 14.6 Å². The summed E-state index contributed by atoms with van der Waals surface area (Å²) in [5.74, 6) is -1.83. The lowest BCUT2D eigenvalue weighted by Gasteiger charge is -2.27. The fourth-order valence-electron chi connectivity index (χ4n) is 2.59. The molecule has 0 bridgehead atoms.